The summed E-state index contributed by atoms with van der Waals surface area (Å²) in [5, 5.41) is 3.91. The van der Waals surface area contributed by atoms with Gasteiger partial charge in [0.15, 0.2) is 0 Å². The van der Waals surface area contributed by atoms with Crippen LogP contribution in [-0.2, 0) is 10.5 Å². The Morgan fingerprint density at radius 1 is 1.25 bits per heavy atom. The molecule has 2 rings (SSSR count). The number of rotatable bonds is 5. The minimum atomic E-state index is 0.170. The molecule has 0 aliphatic heterocycles. The van der Waals surface area contributed by atoms with Crippen LogP contribution in [0.5, 0.6) is 0 Å². The van der Waals surface area contributed by atoms with Gasteiger partial charge in [-0.05, 0) is 49.3 Å². The van der Waals surface area contributed by atoms with Crippen molar-refractivity contribution in [2.24, 2.45) is 5.92 Å². The number of nitrogens with one attached hydrogen (secondary N) is 1. The third-order valence-corrected chi connectivity index (χ3v) is 5.05. The lowest BCUT2D eigenvalue weighted by Gasteiger charge is -2.26. The van der Waals surface area contributed by atoms with E-state index in [1.54, 1.807) is 11.8 Å². The molecule has 1 saturated carbocycles. The quantitative estimate of drug-likeness (QED) is 0.880. The highest BCUT2D eigenvalue weighted by molar-refractivity contribution is 7.99. The Kier molecular flexibility index (Phi) is 6.24. The van der Waals surface area contributed by atoms with Crippen molar-refractivity contribution in [2.45, 2.75) is 44.4 Å². The van der Waals surface area contributed by atoms with Crippen LogP contribution in [0.25, 0.3) is 0 Å². The van der Waals surface area contributed by atoms with Crippen LogP contribution in [0.4, 0.5) is 0 Å². The molecule has 20 heavy (non-hydrogen) atoms. The maximum absolute atomic E-state index is 11.9. The number of amides is 1. The van der Waals surface area contributed by atoms with Crippen molar-refractivity contribution in [1.29, 1.82) is 0 Å². The first-order valence-electron chi connectivity index (χ1n) is 7.25. The maximum atomic E-state index is 11.9. The lowest BCUT2D eigenvalue weighted by Crippen LogP contribution is -2.38. The highest BCUT2D eigenvalue weighted by Gasteiger charge is 2.19. The first kappa shape index (κ1) is 15.7. The molecule has 0 aromatic heterocycles. The summed E-state index contributed by atoms with van der Waals surface area (Å²) in [5.41, 5.74) is 1.21. The molecule has 0 spiro atoms. The van der Waals surface area contributed by atoms with E-state index in [0.29, 0.717) is 11.8 Å². The molecule has 0 bridgehead atoms. The molecule has 1 aromatic carbocycles. The minimum Gasteiger partial charge on any atom is -0.353 e. The van der Waals surface area contributed by atoms with E-state index in [1.807, 2.05) is 24.3 Å². The number of benzene rings is 1. The second kappa shape index (κ2) is 7.94. The van der Waals surface area contributed by atoms with Gasteiger partial charge in [-0.2, -0.15) is 0 Å². The van der Waals surface area contributed by atoms with E-state index >= 15 is 0 Å². The van der Waals surface area contributed by atoms with Gasteiger partial charge < -0.3 is 5.32 Å². The van der Waals surface area contributed by atoms with E-state index in [0.717, 1.165) is 29.5 Å². The molecule has 1 aliphatic rings. The predicted octanol–water partition coefficient (Wildman–Crippen LogP) is 4.27. The van der Waals surface area contributed by atoms with Gasteiger partial charge in [0.1, 0.15) is 0 Å². The topological polar surface area (TPSA) is 29.1 Å². The average Bonchev–Trinajstić information content (AvgIpc) is 2.44. The van der Waals surface area contributed by atoms with E-state index in [-0.39, 0.29) is 5.91 Å². The van der Waals surface area contributed by atoms with Crippen molar-refractivity contribution in [2.75, 3.05) is 5.75 Å². The number of halogens is 1. The number of hydrogen-bond acceptors (Lipinski definition) is 2. The summed E-state index contributed by atoms with van der Waals surface area (Å²) in [4.78, 5) is 11.9. The molecule has 1 aliphatic carbocycles. The highest BCUT2D eigenvalue weighted by atomic mass is 35.5. The fraction of sp³-hybridized carbons (Fsp3) is 0.562. The molecule has 0 heterocycles. The van der Waals surface area contributed by atoms with Gasteiger partial charge in [0.2, 0.25) is 5.91 Å². The second-order valence-corrected chi connectivity index (χ2v) is 7.07. The van der Waals surface area contributed by atoms with Crippen LogP contribution in [0.1, 0.15) is 38.2 Å². The van der Waals surface area contributed by atoms with E-state index in [9.17, 15) is 4.79 Å². The zero-order valence-corrected chi connectivity index (χ0v) is 13.5. The average molecular weight is 312 g/mol. The van der Waals surface area contributed by atoms with Crippen LogP contribution in [-0.4, -0.2) is 17.7 Å². The van der Waals surface area contributed by atoms with Crippen LogP contribution >= 0.6 is 23.4 Å². The summed E-state index contributed by atoms with van der Waals surface area (Å²) in [5.74, 6) is 2.38. The Hall–Kier alpha value is -0.670. The summed E-state index contributed by atoms with van der Waals surface area (Å²) in [7, 11) is 0. The van der Waals surface area contributed by atoms with E-state index in [2.05, 4.69) is 12.2 Å². The zero-order valence-electron chi connectivity index (χ0n) is 11.9. The molecule has 1 fully saturated rings. The number of carbonyl (C=O) groups excluding carboxylic acids is 1. The second-order valence-electron chi connectivity index (χ2n) is 5.64. The molecule has 1 amide bonds. The summed E-state index contributed by atoms with van der Waals surface area (Å²) < 4.78 is 0. The standard InChI is InChI=1S/C16H22ClNOS/c1-12-2-8-15(9-3-12)18-16(19)11-20-10-13-4-6-14(17)7-5-13/h4-7,12,15H,2-3,8-11H2,1H3,(H,18,19). The summed E-state index contributed by atoms with van der Waals surface area (Å²) >= 11 is 7.50. The monoisotopic (exact) mass is 311 g/mol. The number of thioether (sulfide) groups is 1. The maximum Gasteiger partial charge on any atom is 0.230 e. The minimum absolute atomic E-state index is 0.170. The third kappa shape index (κ3) is 5.37. The van der Waals surface area contributed by atoms with Crippen LogP contribution in [0.2, 0.25) is 5.02 Å². The lowest BCUT2D eigenvalue weighted by molar-refractivity contribution is -0.119. The van der Waals surface area contributed by atoms with Crippen molar-refractivity contribution in [3.05, 3.63) is 34.9 Å². The predicted molar refractivity (Wildman–Crippen MR) is 87.2 cm³/mol. The molecule has 4 heteroatoms. The van der Waals surface area contributed by atoms with Gasteiger partial charge in [-0.1, -0.05) is 30.7 Å². The van der Waals surface area contributed by atoms with Crippen LogP contribution in [0.3, 0.4) is 0 Å². The largest absolute Gasteiger partial charge is 0.353 e. The van der Waals surface area contributed by atoms with Gasteiger partial charge in [0.25, 0.3) is 0 Å². The number of hydrogen-bond donors (Lipinski definition) is 1. The lowest BCUT2D eigenvalue weighted by atomic mass is 9.87. The first-order chi connectivity index (χ1) is 9.63. The van der Waals surface area contributed by atoms with Crippen molar-refractivity contribution >= 4 is 29.3 Å². The van der Waals surface area contributed by atoms with Gasteiger partial charge in [-0.15, -0.1) is 11.8 Å². The van der Waals surface area contributed by atoms with E-state index < -0.39 is 0 Å². The van der Waals surface area contributed by atoms with Crippen molar-refractivity contribution in [3.8, 4) is 0 Å². The summed E-state index contributed by atoms with van der Waals surface area (Å²) in [6.45, 7) is 2.29. The van der Waals surface area contributed by atoms with Crippen molar-refractivity contribution in [1.82, 2.24) is 5.32 Å². The Labute approximate surface area is 130 Å². The van der Waals surface area contributed by atoms with Crippen molar-refractivity contribution < 1.29 is 4.79 Å². The number of carbonyl (C=O) groups is 1. The smallest absolute Gasteiger partial charge is 0.230 e. The molecule has 0 atom stereocenters. The fourth-order valence-electron chi connectivity index (χ4n) is 2.52. The van der Waals surface area contributed by atoms with Crippen LogP contribution in [0.15, 0.2) is 24.3 Å². The Morgan fingerprint density at radius 3 is 2.55 bits per heavy atom. The highest BCUT2D eigenvalue weighted by Crippen LogP contribution is 2.23. The molecule has 0 saturated heterocycles. The normalized spacial score (nSPS) is 22.5. The van der Waals surface area contributed by atoms with Gasteiger partial charge in [0.05, 0.1) is 5.75 Å². The molecule has 0 radical (unpaired) electrons. The molecule has 1 N–H and O–H groups in total. The van der Waals surface area contributed by atoms with Crippen LogP contribution in [0, 0.1) is 5.92 Å². The van der Waals surface area contributed by atoms with Crippen molar-refractivity contribution in [3.63, 3.8) is 0 Å². The fourth-order valence-corrected chi connectivity index (χ4v) is 3.44. The van der Waals surface area contributed by atoms with Gasteiger partial charge >= 0.3 is 0 Å². The van der Waals surface area contributed by atoms with Crippen LogP contribution < -0.4 is 5.32 Å². The van der Waals surface area contributed by atoms with Gasteiger partial charge in [0, 0.05) is 16.8 Å². The molecular formula is C16H22ClNOS. The molecule has 1 aromatic rings. The molecule has 2 nitrogen and oxygen atoms in total. The van der Waals surface area contributed by atoms with Gasteiger partial charge in [-0.3, -0.25) is 4.79 Å². The molecular weight excluding hydrogens is 290 g/mol. The summed E-state index contributed by atoms with van der Waals surface area (Å²) in [6.07, 6.45) is 4.75. The van der Waals surface area contributed by atoms with E-state index in [4.69, 9.17) is 11.6 Å². The van der Waals surface area contributed by atoms with Gasteiger partial charge in [-0.25, -0.2) is 0 Å². The van der Waals surface area contributed by atoms with E-state index in [1.165, 1.54) is 18.4 Å². The zero-order chi connectivity index (χ0) is 14.4. The molecule has 110 valence electrons. The molecule has 0 unspecified atom stereocenters. The Morgan fingerprint density at radius 2 is 1.90 bits per heavy atom. The Bertz CT molecular complexity index is 427. The first-order valence-corrected chi connectivity index (χ1v) is 8.78. The Balaban J connectivity index is 1.64. The SMILES string of the molecule is CC1CCC(NC(=O)CSCc2ccc(Cl)cc2)CC1. The third-order valence-electron chi connectivity index (χ3n) is 3.80. The summed E-state index contributed by atoms with van der Waals surface area (Å²) in [6, 6.07) is 8.20.